The van der Waals surface area contributed by atoms with Crippen LogP contribution in [0.1, 0.15) is 0 Å². The van der Waals surface area contributed by atoms with Crippen molar-refractivity contribution in [1.82, 2.24) is 15.1 Å². The molecule has 0 radical (unpaired) electrons. The third-order valence-corrected chi connectivity index (χ3v) is 3.54. The number of rotatable bonds is 7. The molecule has 1 rings (SSSR count). The third kappa shape index (κ3) is 4.99. The average Bonchev–Trinajstić information content (AvgIpc) is 2.77. The molecule has 0 spiro atoms. The number of amides is 4. The number of imide groups is 1. The Morgan fingerprint density at radius 2 is 1.86 bits per heavy atom. The minimum Gasteiger partial charge on any atom is -0.395 e. The zero-order chi connectivity index (χ0) is 15.8. The van der Waals surface area contributed by atoms with Crippen molar-refractivity contribution >= 4 is 34.7 Å². The summed E-state index contributed by atoms with van der Waals surface area (Å²) < 4.78 is 0. The average molecular weight is 319 g/mol. The molecule has 1 fully saturated rings. The van der Waals surface area contributed by atoms with Crippen LogP contribution in [0.25, 0.3) is 0 Å². The van der Waals surface area contributed by atoms with E-state index in [-0.39, 0.29) is 56.3 Å². The fourth-order valence-electron chi connectivity index (χ4n) is 1.65. The van der Waals surface area contributed by atoms with Crippen LogP contribution in [-0.2, 0) is 14.4 Å². The molecule has 1 aliphatic heterocycles. The number of nitrogens with zero attached hydrogens (tertiary/aromatic N) is 2. The Bertz CT molecular complexity index is 408. The fourth-order valence-corrected chi connectivity index (χ4v) is 2.41. The number of aliphatic hydroxyl groups excluding tert-OH is 2. The molecule has 0 aromatic rings. The van der Waals surface area contributed by atoms with Gasteiger partial charge in [-0.3, -0.25) is 24.1 Å². The molecule has 10 heteroatoms. The Labute approximate surface area is 125 Å². The Kier molecular flexibility index (Phi) is 7.12. The molecular weight excluding hydrogens is 302 g/mol. The van der Waals surface area contributed by atoms with Crippen LogP contribution in [-0.4, -0.2) is 88.1 Å². The van der Waals surface area contributed by atoms with Gasteiger partial charge in [-0.25, -0.2) is 0 Å². The van der Waals surface area contributed by atoms with Gasteiger partial charge in [-0.2, -0.15) is 0 Å². The van der Waals surface area contributed by atoms with Gasteiger partial charge in [0.1, 0.15) is 0 Å². The lowest BCUT2D eigenvalue weighted by molar-refractivity contribution is -0.146. The number of thioether (sulfide) groups is 1. The standard InChI is InChI=1S/C11H17N3O6S/c15-5-3-13(4-6-16)10(19)9(18)12-1-2-14-8(17)7-21-11(14)20/h15-16H,1-7H2,(H,12,18). The molecule has 0 aromatic carbocycles. The van der Waals surface area contributed by atoms with Crippen molar-refractivity contribution < 1.29 is 29.4 Å². The molecule has 1 aliphatic rings. The highest BCUT2D eigenvalue weighted by atomic mass is 32.2. The number of carbonyl (C=O) groups excluding carboxylic acids is 4. The second-order valence-corrected chi connectivity index (χ2v) is 5.02. The van der Waals surface area contributed by atoms with Crippen LogP contribution >= 0.6 is 11.8 Å². The largest absolute Gasteiger partial charge is 0.395 e. The van der Waals surface area contributed by atoms with E-state index in [0.29, 0.717) is 0 Å². The fraction of sp³-hybridized carbons (Fsp3) is 0.636. The number of aliphatic hydroxyl groups is 2. The molecule has 1 saturated heterocycles. The normalized spacial score (nSPS) is 14.5. The lowest BCUT2D eigenvalue weighted by atomic mass is 10.4. The van der Waals surface area contributed by atoms with Crippen LogP contribution < -0.4 is 5.32 Å². The molecule has 0 unspecified atom stereocenters. The molecule has 4 amide bonds. The van der Waals surface area contributed by atoms with Crippen LogP contribution in [0.15, 0.2) is 0 Å². The monoisotopic (exact) mass is 319 g/mol. The summed E-state index contributed by atoms with van der Waals surface area (Å²) in [6, 6.07) is 0. The van der Waals surface area contributed by atoms with Crippen molar-refractivity contribution in [1.29, 1.82) is 0 Å². The van der Waals surface area contributed by atoms with Crippen molar-refractivity contribution in [3.8, 4) is 0 Å². The molecule has 0 aromatic heterocycles. The summed E-state index contributed by atoms with van der Waals surface area (Å²) in [7, 11) is 0. The van der Waals surface area contributed by atoms with E-state index in [4.69, 9.17) is 10.2 Å². The van der Waals surface area contributed by atoms with Gasteiger partial charge in [0.25, 0.3) is 5.24 Å². The van der Waals surface area contributed by atoms with Crippen LogP contribution in [0.2, 0.25) is 0 Å². The Morgan fingerprint density at radius 3 is 2.33 bits per heavy atom. The molecule has 1 heterocycles. The lowest BCUT2D eigenvalue weighted by Gasteiger charge is -2.20. The first-order chi connectivity index (χ1) is 10.0. The minimum atomic E-state index is -0.913. The molecule has 0 atom stereocenters. The van der Waals surface area contributed by atoms with E-state index in [1.165, 1.54) is 0 Å². The third-order valence-electron chi connectivity index (χ3n) is 2.68. The van der Waals surface area contributed by atoms with Gasteiger partial charge in [-0.15, -0.1) is 0 Å². The summed E-state index contributed by atoms with van der Waals surface area (Å²) in [4.78, 5) is 48.0. The van der Waals surface area contributed by atoms with E-state index in [0.717, 1.165) is 21.6 Å². The van der Waals surface area contributed by atoms with Crippen LogP contribution in [0.4, 0.5) is 4.79 Å². The Balaban J connectivity index is 2.40. The minimum absolute atomic E-state index is 0.00366. The van der Waals surface area contributed by atoms with E-state index in [9.17, 15) is 19.2 Å². The highest BCUT2D eigenvalue weighted by molar-refractivity contribution is 8.14. The zero-order valence-corrected chi connectivity index (χ0v) is 12.1. The van der Waals surface area contributed by atoms with Gasteiger partial charge in [-0.1, -0.05) is 11.8 Å². The quantitative estimate of drug-likeness (QED) is 0.447. The summed E-state index contributed by atoms with van der Waals surface area (Å²) in [5.74, 6) is -2.03. The number of hydrogen-bond donors (Lipinski definition) is 3. The van der Waals surface area contributed by atoms with Gasteiger partial charge in [-0.05, 0) is 0 Å². The summed E-state index contributed by atoms with van der Waals surface area (Å²) in [6.07, 6.45) is 0. The molecular formula is C11H17N3O6S. The molecule has 9 nitrogen and oxygen atoms in total. The van der Waals surface area contributed by atoms with E-state index >= 15 is 0 Å². The van der Waals surface area contributed by atoms with Gasteiger partial charge in [0.05, 0.1) is 19.0 Å². The maximum absolute atomic E-state index is 11.7. The maximum atomic E-state index is 11.7. The van der Waals surface area contributed by atoms with Gasteiger partial charge in [0.2, 0.25) is 5.91 Å². The van der Waals surface area contributed by atoms with Crippen LogP contribution in [0.5, 0.6) is 0 Å². The first-order valence-corrected chi connectivity index (χ1v) is 7.25. The molecule has 118 valence electrons. The van der Waals surface area contributed by atoms with Crippen molar-refractivity contribution in [2.24, 2.45) is 0 Å². The summed E-state index contributed by atoms with van der Waals surface area (Å²) in [5, 5.41) is 19.5. The number of carbonyl (C=O) groups is 4. The summed E-state index contributed by atoms with van der Waals surface area (Å²) >= 11 is 0.891. The number of hydrogen-bond acceptors (Lipinski definition) is 7. The zero-order valence-electron chi connectivity index (χ0n) is 11.3. The Morgan fingerprint density at radius 1 is 1.24 bits per heavy atom. The molecule has 0 bridgehead atoms. The molecule has 21 heavy (non-hydrogen) atoms. The van der Waals surface area contributed by atoms with E-state index in [2.05, 4.69) is 5.32 Å². The predicted octanol–water partition coefficient (Wildman–Crippen LogP) is -2.39. The van der Waals surface area contributed by atoms with Crippen LogP contribution in [0, 0.1) is 0 Å². The second kappa shape index (κ2) is 8.60. The molecule has 3 N–H and O–H groups in total. The van der Waals surface area contributed by atoms with E-state index in [1.807, 2.05) is 0 Å². The van der Waals surface area contributed by atoms with E-state index < -0.39 is 11.8 Å². The SMILES string of the molecule is O=C(NCCN1C(=O)CSC1=O)C(=O)N(CCO)CCO. The predicted molar refractivity (Wildman–Crippen MR) is 73.3 cm³/mol. The first kappa shape index (κ1) is 17.4. The van der Waals surface area contributed by atoms with Crippen molar-refractivity contribution in [3.05, 3.63) is 0 Å². The maximum Gasteiger partial charge on any atom is 0.312 e. The van der Waals surface area contributed by atoms with Crippen molar-refractivity contribution in [2.45, 2.75) is 0 Å². The van der Waals surface area contributed by atoms with Gasteiger partial charge < -0.3 is 20.4 Å². The summed E-state index contributed by atoms with van der Waals surface area (Å²) in [5.41, 5.74) is 0. The number of nitrogens with one attached hydrogen (secondary N) is 1. The summed E-state index contributed by atoms with van der Waals surface area (Å²) in [6.45, 7) is -0.808. The topological polar surface area (TPSA) is 127 Å². The van der Waals surface area contributed by atoms with E-state index in [1.54, 1.807) is 0 Å². The Hall–Kier alpha value is -1.65. The molecule has 0 saturated carbocycles. The molecule has 0 aliphatic carbocycles. The van der Waals surface area contributed by atoms with Gasteiger partial charge >= 0.3 is 11.8 Å². The smallest absolute Gasteiger partial charge is 0.312 e. The highest BCUT2D eigenvalue weighted by Crippen LogP contribution is 2.17. The van der Waals surface area contributed by atoms with Gasteiger partial charge in [0.15, 0.2) is 0 Å². The second-order valence-electron chi connectivity index (χ2n) is 4.10. The lowest BCUT2D eigenvalue weighted by Crippen LogP contribution is -2.47. The van der Waals surface area contributed by atoms with Crippen molar-refractivity contribution in [3.63, 3.8) is 0 Å². The van der Waals surface area contributed by atoms with Crippen LogP contribution in [0.3, 0.4) is 0 Å². The first-order valence-electron chi connectivity index (χ1n) is 6.27. The van der Waals surface area contributed by atoms with Gasteiger partial charge in [0, 0.05) is 26.2 Å². The van der Waals surface area contributed by atoms with Crippen molar-refractivity contribution in [2.75, 3.05) is 45.1 Å². The highest BCUT2D eigenvalue weighted by Gasteiger charge is 2.29.